The molecule has 0 N–H and O–H groups in total. The number of para-hydroxylation sites is 2. The molecule has 0 radical (unpaired) electrons. The van der Waals surface area contributed by atoms with E-state index in [9.17, 15) is 0 Å². The predicted molar refractivity (Wildman–Crippen MR) is 296 cm³/mol. The van der Waals surface area contributed by atoms with E-state index in [1.807, 2.05) is 6.07 Å². The summed E-state index contributed by atoms with van der Waals surface area (Å²) in [4.78, 5) is 2.49. The topological polar surface area (TPSA) is 16.4 Å². The first-order valence-corrected chi connectivity index (χ1v) is 24.0. The Kier molecular flexibility index (Phi) is 10.2. The van der Waals surface area contributed by atoms with Crippen LogP contribution in [0.3, 0.4) is 0 Å². The third kappa shape index (κ3) is 7.22. The summed E-state index contributed by atoms with van der Waals surface area (Å²) in [5, 5.41) is 7.00. The Labute approximate surface area is 407 Å². The van der Waals surface area contributed by atoms with Gasteiger partial charge in [-0.2, -0.15) is 0 Å². The lowest BCUT2D eigenvalue weighted by Crippen LogP contribution is -2.12. The minimum Gasteiger partial charge on any atom is -0.455 e. The van der Waals surface area contributed by atoms with Crippen LogP contribution in [-0.2, 0) is 0 Å². The van der Waals surface area contributed by atoms with Crippen LogP contribution in [0.15, 0.2) is 277 Å². The lowest BCUT2D eigenvalue weighted by Gasteiger charge is -2.31. The standard InChI is InChI=1S/C68H45NO/c1-4-19-46(20-5-1)50-25-16-27-53(43-50)66-61-32-12-10-29-58(61)59-30-11-13-33-62(59)67(66)69(55-28-17-26-52(44-55)57-34-18-35-63-60-31-14-15-36-65(60)70-68(57)63)54-40-37-49(38-41-54)64-45-51(47-21-6-2-7-22-47)39-42-56(64)48-23-8-3-9-24-48/h1-45H. The van der Waals surface area contributed by atoms with Crippen molar-refractivity contribution in [2.75, 3.05) is 4.90 Å². The molecule has 2 heteroatoms. The second-order valence-corrected chi connectivity index (χ2v) is 18.0. The van der Waals surface area contributed by atoms with Crippen LogP contribution in [0, 0.1) is 0 Å². The third-order valence-electron chi connectivity index (χ3n) is 13.9. The molecule has 0 spiro atoms. The molecule has 0 aliphatic carbocycles. The van der Waals surface area contributed by atoms with Crippen LogP contribution < -0.4 is 4.90 Å². The van der Waals surface area contributed by atoms with Gasteiger partial charge in [-0.05, 0) is 114 Å². The van der Waals surface area contributed by atoms with Crippen molar-refractivity contribution < 1.29 is 4.42 Å². The van der Waals surface area contributed by atoms with Crippen molar-refractivity contribution in [3.8, 4) is 66.8 Å². The zero-order valence-electron chi connectivity index (χ0n) is 38.3. The maximum Gasteiger partial charge on any atom is 0.143 e. The largest absolute Gasteiger partial charge is 0.455 e. The molecule has 0 amide bonds. The van der Waals surface area contributed by atoms with Gasteiger partial charge < -0.3 is 9.32 Å². The molecule has 0 atom stereocenters. The van der Waals surface area contributed by atoms with Gasteiger partial charge in [-0.3, -0.25) is 0 Å². The quantitative estimate of drug-likeness (QED) is 0.134. The molecule has 0 bridgehead atoms. The van der Waals surface area contributed by atoms with Crippen molar-refractivity contribution >= 4 is 60.5 Å². The van der Waals surface area contributed by atoms with Crippen LogP contribution >= 0.6 is 0 Å². The highest BCUT2D eigenvalue weighted by Crippen LogP contribution is 2.51. The maximum atomic E-state index is 6.66. The van der Waals surface area contributed by atoms with E-state index < -0.39 is 0 Å². The highest BCUT2D eigenvalue weighted by Gasteiger charge is 2.25. The van der Waals surface area contributed by atoms with Gasteiger partial charge in [0.25, 0.3) is 0 Å². The van der Waals surface area contributed by atoms with Gasteiger partial charge in [0.05, 0.1) is 5.69 Å². The van der Waals surface area contributed by atoms with Gasteiger partial charge in [0.15, 0.2) is 0 Å². The number of furan rings is 1. The molecule has 0 fully saturated rings. The molecule has 12 aromatic carbocycles. The van der Waals surface area contributed by atoms with E-state index in [0.29, 0.717) is 0 Å². The first kappa shape index (κ1) is 41.0. The third-order valence-corrected chi connectivity index (χ3v) is 13.9. The van der Waals surface area contributed by atoms with Crippen LogP contribution in [0.4, 0.5) is 17.1 Å². The Morgan fingerprint density at radius 2 is 0.743 bits per heavy atom. The van der Waals surface area contributed by atoms with Gasteiger partial charge >= 0.3 is 0 Å². The van der Waals surface area contributed by atoms with Gasteiger partial charge in [-0.25, -0.2) is 0 Å². The van der Waals surface area contributed by atoms with E-state index in [1.165, 1.54) is 60.7 Å². The molecule has 1 heterocycles. The normalized spacial score (nSPS) is 11.4. The predicted octanol–water partition coefficient (Wildman–Crippen LogP) is 19.4. The van der Waals surface area contributed by atoms with E-state index in [1.54, 1.807) is 0 Å². The minimum atomic E-state index is 0.887. The fourth-order valence-electron chi connectivity index (χ4n) is 10.6. The van der Waals surface area contributed by atoms with Crippen molar-refractivity contribution in [1.29, 1.82) is 0 Å². The number of hydrogen-bond donors (Lipinski definition) is 0. The molecule has 0 aliphatic rings. The van der Waals surface area contributed by atoms with Crippen LogP contribution in [0.1, 0.15) is 0 Å². The van der Waals surface area contributed by atoms with Crippen LogP contribution in [0.2, 0.25) is 0 Å². The van der Waals surface area contributed by atoms with Crippen LogP contribution in [-0.4, -0.2) is 0 Å². The molecule has 0 saturated carbocycles. The number of hydrogen-bond acceptors (Lipinski definition) is 2. The van der Waals surface area contributed by atoms with Crippen molar-refractivity contribution in [2.45, 2.75) is 0 Å². The van der Waals surface area contributed by atoms with E-state index in [2.05, 4.69) is 272 Å². The van der Waals surface area contributed by atoms with Crippen LogP contribution in [0.5, 0.6) is 0 Å². The lowest BCUT2D eigenvalue weighted by molar-refractivity contribution is 0.670. The highest BCUT2D eigenvalue weighted by molar-refractivity contribution is 6.22. The summed E-state index contributed by atoms with van der Waals surface area (Å²) < 4.78 is 6.66. The molecule has 328 valence electrons. The Morgan fingerprint density at radius 1 is 0.243 bits per heavy atom. The maximum absolute atomic E-state index is 6.66. The van der Waals surface area contributed by atoms with E-state index >= 15 is 0 Å². The van der Waals surface area contributed by atoms with Crippen molar-refractivity contribution in [2.24, 2.45) is 0 Å². The molecule has 0 aliphatic heterocycles. The summed E-state index contributed by atoms with van der Waals surface area (Å²) in [6.45, 7) is 0. The highest BCUT2D eigenvalue weighted by atomic mass is 16.3. The Bertz CT molecular complexity index is 4040. The van der Waals surface area contributed by atoms with Crippen molar-refractivity contribution in [1.82, 2.24) is 0 Å². The first-order valence-electron chi connectivity index (χ1n) is 24.0. The fourth-order valence-corrected chi connectivity index (χ4v) is 10.6. The number of benzene rings is 12. The molecule has 1 aromatic heterocycles. The second kappa shape index (κ2) is 17.4. The molecular weight excluding hydrogens is 847 g/mol. The molecule has 0 saturated heterocycles. The first-order chi connectivity index (χ1) is 34.7. The Hall–Kier alpha value is -9.24. The average Bonchev–Trinajstić information content (AvgIpc) is 3.83. The summed E-state index contributed by atoms with van der Waals surface area (Å²) in [7, 11) is 0. The Morgan fingerprint density at radius 3 is 1.47 bits per heavy atom. The molecular formula is C68H45NO. The van der Waals surface area contributed by atoms with Gasteiger partial charge in [-0.1, -0.05) is 231 Å². The Balaban J connectivity index is 1.07. The van der Waals surface area contributed by atoms with Gasteiger partial charge in [-0.15, -0.1) is 0 Å². The minimum absolute atomic E-state index is 0.887. The monoisotopic (exact) mass is 891 g/mol. The van der Waals surface area contributed by atoms with Crippen molar-refractivity contribution in [3.63, 3.8) is 0 Å². The SMILES string of the molecule is c1ccc(-c2cccc(-c3c(N(c4ccc(-c5cc(-c6ccccc6)ccc5-c5ccccc5)cc4)c4cccc(-c5cccc6c5oc5ccccc56)c4)c4ccccc4c4ccccc34)c2)cc1. The molecule has 13 aromatic rings. The summed E-state index contributed by atoms with van der Waals surface area (Å²) in [6, 6.07) is 98.8. The van der Waals surface area contributed by atoms with Gasteiger partial charge in [0, 0.05) is 38.7 Å². The summed E-state index contributed by atoms with van der Waals surface area (Å²) in [6.07, 6.45) is 0. The van der Waals surface area contributed by atoms with E-state index in [4.69, 9.17) is 4.42 Å². The molecule has 0 unspecified atom stereocenters. The van der Waals surface area contributed by atoms with Gasteiger partial charge in [0.2, 0.25) is 0 Å². The van der Waals surface area contributed by atoms with E-state index in [0.717, 1.165) is 66.6 Å². The summed E-state index contributed by atoms with van der Waals surface area (Å²) in [5.74, 6) is 0. The smallest absolute Gasteiger partial charge is 0.143 e. The molecule has 70 heavy (non-hydrogen) atoms. The fraction of sp³-hybridized carbons (Fsp3) is 0. The van der Waals surface area contributed by atoms with Crippen molar-refractivity contribution in [3.05, 3.63) is 273 Å². The number of rotatable bonds is 9. The van der Waals surface area contributed by atoms with E-state index in [-0.39, 0.29) is 0 Å². The number of nitrogens with zero attached hydrogens (tertiary/aromatic N) is 1. The zero-order valence-corrected chi connectivity index (χ0v) is 38.3. The summed E-state index contributed by atoms with van der Waals surface area (Å²) in [5.41, 5.74) is 18.8. The number of anilines is 3. The molecule has 2 nitrogen and oxygen atoms in total. The van der Waals surface area contributed by atoms with Gasteiger partial charge in [0.1, 0.15) is 11.2 Å². The number of fused-ring (bicyclic) bond motifs is 6. The second-order valence-electron chi connectivity index (χ2n) is 18.0. The molecule has 13 rings (SSSR count). The zero-order chi connectivity index (χ0) is 46.4. The summed E-state index contributed by atoms with van der Waals surface area (Å²) >= 11 is 0. The average molecular weight is 892 g/mol. The lowest BCUT2D eigenvalue weighted by atomic mass is 9.88. The van der Waals surface area contributed by atoms with Crippen LogP contribution in [0.25, 0.3) is 110 Å².